The normalized spacial score (nSPS) is 22.7. The summed E-state index contributed by atoms with van der Waals surface area (Å²) in [7, 11) is 0. The molecule has 21 heavy (non-hydrogen) atoms. The summed E-state index contributed by atoms with van der Waals surface area (Å²) in [5.41, 5.74) is 7.32. The van der Waals surface area contributed by atoms with E-state index in [1.165, 1.54) is 48.4 Å². The van der Waals surface area contributed by atoms with Crippen molar-refractivity contribution in [2.75, 3.05) is 25.4 Å². The molecule has 3 heteroatoms. The van der Waals surface area contributed by atoms with Crippen LogP contribution in [0.4, 0.5) is 0 Å². The van der Waals surface area contributed by atoms with Gasteiger partial charge in [0, 0.05) is 23.2 Å². The maximum atomic E-state index is 5.99. The fourth-order valence-electron chi connectivity index (χ4n) is 3.42. The van der Waals surface area contributed by atoms with Gasteiger partial charge in [-0.15, -0.1) is 11.8 Å². The van der Waals surface area contributed by atoms with Crippen molar-refractivity contribution in [3.05, 3.63) is 29.8 Å². The highest BCUT2D eigenvalue weighted by Crippen LogP contribution is 2.28. The molecule has 0 saturated heterocycles. The molecule has 0 heterocycles. The van der Waals surface area contributed by atoms with Gasteiger partial charge in [0.25, 0.3) is 0 Å². The number of hydrogen-bond acceptors (Lipinski definition) is 3. The van der Waals surface area contributed by atoms with Crippen molar-refractivity contribution in [2.24, 2.45) is 11.7 Å². The molecule has 2 atom stereocenters. The van der Waals surface area contributed by atoms with E-state index in [0.717, 1.165) is 13.1 Å². The minimum absolute atomic E-state index is 0.711. The highest BCUT2D eigenvalue weighted by Gasteiger charge is 2.28. The molecule has 2 nitrogen and oxygen atoms in total. The van der Waals surface area contributed by atoms with E-state index >= 15 is 0 Å². The fourth-order valence-corrected chi connectivity index (χ4v) is 4.31. The van der Waals surface area contributed by atoms with E-state index in [0.29, 0.717) is 12.0 Å². The lowest BCUT2D eigenvalue weighted by Crippen LogP contribution is -2.45. The first-order valence-corrected chi connectivity index (χ1v) is 9.36. The number of nitrogens with two attached hydrogens (primary N) is 1. The molecular formula is C18H30N2S. The molecular weight excluding hydrogens is 276 g/mol. The Kier molecular flexibility index (Phi) is 7.08. The van der Waals surface area contributed by atoms with Gasteiger partial charge in [-0.1, -0.05) is 37.5 Å². The molecule has 1 aromatic rings. The predicted octanol–water partition coefficient (Wildman–Crippen LogP) is 3.93. The van der Waals surface area contributed by atoms with Gasteiger partial charge in [0.1, 0.15) is 0 Å². The number of rotatable bonds is 7. The van der Waals surface area contributed by atoms with Crippen LogP contribution in [0.5, 0.6) is 0 Å². The summed E-state index contributed by atoms with van der Waals surface area (Å²) in [4.78, 5) is 4.05. The van der Waals surface area contributed by atoms with E-state index < -0.39 is 0 Å². The molecule has 1 aliphatic carbocycles. The molecule has 1 saturated carbocycles. The van der Waals surface area contributed by atoms with E-state index in [-0.39, 0.29) is 0 Å². The zero-order valence-corrected chi connectivity index (χ0v) is 14.4. The van der Waals surface area contributed by atoms with Gasteiger partial charge in [-0.3, -0.25) is 4.90 Å². The van der Waals surface area contributed by atoms with Crippen molar-refractivity contribution in [3.8, 4) is 0 Å². The summed E-state index contributed by atoms with van der Waals surface area (Å²) in [6, 6.07) is 9.59. The van der Waals surface area contributed by atoms with Crippen molar-refractivity contribution in [1.82, 2.24) is 4.90 Å². The Morgan fingerprint density at radius 3 is 2.57 bits per heavy atom. The second kappa shape index (κ2) is 8.82. The van der Waals surface area contributed by atoms with E-state index in [1.807, 2.05) is 11.8 Å². The van der Waals surface area contributed by atoms with Gasteiger partial charge in [0.2, 0.25) is 0 Å². The maximum absolute atomic E-state index is 5.99. The van der Waals surface area contributed by atoms with Crippen LogP contribution in [0.25, 0.3) is 0 Å². The Labute approximate surface area is 134 Å². The van der Waals surface area contributed by atoms with Crippen LogP contribution in [0.1, 0.15) is 38.2 Å². The van der Waals surface area contributed by atoms with Gasteiger partial charge in [0.15, 0.2) is 0 Å². The van der Waals surface area contributed by atoms with Crippen molar-refractivity contribution in [2.45, 2.75) is 50.5 Å². The number of nitrogens with zero attached hydrogens (tertiary/aromatic N) is 1. The van der Waals surface area contributed by atoms with Crippen molar-refractivity contribution < 1.29 is 0 Å². The lowest BCUT2D eigenvalue weighted by atomic mass is 9.83. The Balaban J connectivity index is 1.82. The molecule has 118 valence electrons. The SMILES string of the molecule is CCN(CCSc1ccc(C)cc1)C1CCCCC1CN. The van der Waals surface area contributed by atoms with Gasteiger partial charge in [-0.05, 0) is 50.9 Å². The third-order valence-electron chi connectivity index (χ3n) is 4.72. The Morgan fingerprint density at radius 1 is 1.19 bits per heavy atom. The first-order chi connectivity index (χ1) is 10.2. The molecule has 1 aliphatic rings. The van der Waals surface area contributed by atoms with Gasteiger partial charge in [0.05, 0.1) is 0 Å². The van der Waals surface area contributed by atoms with Crippen LogP contribution in [0.3, 0.4) is 0 Å². The third-order valence-corrected chi connectivity index (χ3v) is 5.71. The first kappa shape index (κ1) is 16.9. The number of benzene rings is 1. The van der Waals surface area contributed by atoms with Crippen LogP contribution >= 0.6 is 11.8 Å². The predicted molar refractivity (Wildman–Crippen MR) is 94.0 cm³/mol. The average Bonchev–Trinajstić information content (AvgIpc) is 2.53. The van der Waals surface area contributed by atoms with Gasteiger partial charge in [-0.2, -0.15) is 0 Å². The Bertz CT molecular complexity index is 404. The lowest BCUT2D eigenvalue weighted by molar-refractivity contribution is 0.119. The molecule has 0 radical (unpaired) electrons. The molecule has 0 spiro atoms. The van der Waals surface area contributed by atoms with Crippen molar-refractivity contribution >= 4 is 11.8 Å². The molecule has 0 amide bonds. The summed E-state index contributed by atoms with van der Waals surface area (Å²) in [6.45, 7) is 7.61. The fraction of sp³-hybridized carbons (Fsp3) is 0.667. The second-order valence-corrected chi connectivity index (χ2v) is 7.31. The Hall–Kier alpha value is -0.510. The zero-order chi connectivity index (χ0) is 15.1. The van der Waals surface area contributed by atoms with E-state index in [1.54, 1.807) is 0 Å². The summed E-state index contributed by atoms with van der Waals surface area (Å²) in [6.07, 6.45) is 5.41. The number of thioether (sulfide) groups is 1. The number of aryl methyl sites for hydroxylation is 1. The minimum atomic E-state index is 0.711. The maximum Gasteiger partial charge on any atom is 0.0136 e. The quantitative estimate of drug-likeness (QED) is 0.774. The molecule has 0 aliphatic heterocycles. The van der Waals surface area contributed by atoms with E-state index in [2.05, 4.69) is 43.0 Å². The van der Waals surface area contributed by atoms with E-state index in [9.17, 15) is 0 Å². The molecule has 2 N–H and O–H groups in total. The Morgan fingerprint density at radius 2 is 1.90 bits per heavy atom. The van der Waals surface area contributed by atoms with Crippen molar-refractivity contribution in [3.63, 3.8) is 0 Å². The molecule has 1 aromatic carbocycles. The van der Waals surface area contributed by atoms with Gasteiger partial charge >= 0.3 is 0 Å². The first-order valence-electron chi connectivity index (χ1n) is 8.38. The molecule has 0 aromatic heterocycles. The summed E-state index contributed by atoms with van der Waals surface area (Å²) in [5.74, 6) is 1.88. The molecule has 0 bridgehead atoms. The minimum Gasteiger partial charge on any atom is -0.330 e. The second-order valence-electron chi connectivity index (χ2n) is 6.14. The van der Waals surface area contributed by atoms with Crippen LogP contribution in [-0.4, -0.2) is 36.3 Å². The van der Waals surface area contributed by atoms with Gasteiger partial charge in [-0.25, -0.2) is 0 Å². The standard InChI is InChI=1S/C18H30N2S/c1-3-20(18-7-5-4-6-16(18)14-19)12-13-21-17-10-8-15(2)9-11-17/h8-11,16,18H,3-7,12-14,19H2,1-2H3. The van der Waals surface area contributed by atoms with Gasteiger partial charge < -0.3 is 5.73 Å². The molecule has 2 rings (SSSR count). The van der Waals surface area contributed by atoms with E-state index in [4.69, 9.17) is 5.73 Å². The van der Waals surface area contributed by atoms with Crippen LogP contribution in [0.15, 0.2) is 29.2 Å². The zero-order valence-electron chi connectivity index (χ0n) is 13.6. The highest BCUT2D eigenvalue weighted by molar-refractivity contribution is 7.99. The van der Waals surface area contributed by atoms with Crippen LogP contribution in [0, 0.1) is 12.8 Å². The summed E-state index contributed by atoms with van der Waals surface area (Å²) >= 11 is 1.97. The smallest absolute Gasteiger partial charge is 0.0136 e. The molecule has 2 unspecified atom stereocenters. The molecule has 1 fully saturated rings. The summed E-state index contributed by atoms with van der Waals surface area (Å²) in [5, 5.41) is 0. The number of hydrogen-bond donors (Lipinski definition) is 1. The lowest BCUT2D eigenvalue weighted by Gasteiger charge is -2.39. The topological polar surface area (TPSA) is 29.3 Å². The highest BCUT2D eigenvalue weighted by atomic mass is 32.2. The van der Waals surface area contributed by atoms with Crippen molar-refractivity contribution in [1.29, 1.82) is 0 Å². The third kappa shape index (κ3) is 5.01. The van der Waals surface area contributed by atoms with Crippen LogP contribution < -0.4 is 5.73 Å². The van der Waals surface area contributed by atoms with Crippen LogP contribution in [0.2, 0.25) is 0 Å². The average molecular weight is 307 g/mol. The van der Waals surface area contributed by atoms with Crippen LogP contribution in [-0.2, 0) is 0 Å². The largest absolute Gasteiger partial charge is 0.330 e. The summed E-state index contributed by atoms with van der Waals surface area (Å²) < 4.78 is 0. The monoisotopic (exact) mass is 306 g/mol.